The maximum absolute atomic E-state index is 11.5. The maximum atomic E-state index is 11.5. The lowest BCUT2D eigenvalue weighted by molar-refractivity contribution is 0.0526. The number of rotatable bonds is 6. The van der Waals surface area contributed by atoms with Gasteiger partial charge in [0.25, 0.3) is 0 Å². The van der Waals surface area contributed by atoms with Gasteiger partial charge in [0.2, 0.25) is 0 Å². The average molecular weight is 274 g/mol. The molecular formula is C15H18N2O3. The number of carbonyl (C=O) groups excluding carboxylic acids is 1. The summed E-state index contributed by atoms with van der Waals surface area (Å²) in [6.45, 7) is 2.71. The Morgan fingerprint density at radius 2 is 2.05 bits per heavy atom. The summed E-state index contributed by atoms with van der Waals surface area (Å²) in [5.41, 5.74) is 0.531. The van der Waals surface area contributed by atoms with E-state index in [4.69, 9.17) is 9.47 Å². The minimum atomic E-state index is -0.313. The van der Waals surface area contributed by atoms with E-state index in [-0.39, 0.29) is 5.97 Å². The highest BCUT2D eigenvalue weighted by Gasteiger charge is 2.06. The zero-order valence-electron chi connectivity index (χ0n) is 11.7. The molecule has 0 unspecified atom stereocenters. The molecule has 1 aromatic carbocycles. The summed E-state index contributed by atoms with van der Waals surface area (Å²) in [4.78, 5) is 15.7. The number of benzene rings is 1. The summed E-state index contributed by atoms with van der Waals surface area (Å²) in [6, 6.07) is 6.94. The van der Waals surface area contributed by atoms with Gasteiger partial charge in [-0.1, -0.05) is 0 Å². The zero-order chi connectivity index (χ0) is 14.4. The minimum Gasteiger partial charge on any atom is -0.493 e. The van der Waals surface area contributed by atoms with Gasteiger partial charge in [-0.2, -0.15) is 0 Å². The molecule has 0 spiro atoms. The summed E-state index contributed by atoms with van der Waals surface area (Å²) in [5, 5.41) is 0. The van der Waals surface area contributed by atoms with Crippen molar-refractivity contribution in [2.75, 3.05) is 13.2 Å². The lowest BCUT2D eigenvalue weighted by atomic mass is 10.2. The Morgan fingerprint density at radius 1 is 1.30 bits per heavy atom. The highest BCUT2D eigenvalue weighted by molar-refractivity contribution is 5.89. The zero-order valence-corrected chi connectivity index (χ0v) is 11.7. The minimum absolute atomic E-state index is 0.313. The van der Waals surface area contributed by atoms with Crippen LogP contribution in [0, 0.1) is 0 Å². The van der Waals surface area contributed by atoms with Crippen LogP contribution in [0.5, 0.6) is 5.75 Å². The van der Waals surface area contributed by atoms with Gasteiger partial charge in [0.1, 0.15) is 11.6 Å². The first-order valence-electron chi connectivity index (χ1n) is 6.57. The van der Waals surface area contributed by atoms with Gasteiger partial charge in [-0.15, -0.1) is 0 Å². The fraction of sp³-hybridized carbons (Fsp3) is 0.333. The third kappa shape index (κ3) is 3.60. The van der Waals surface area contributed by atoms with E-state index < -0.39 is 0 Å². The van der Waals surface area contributed by atoms with Crippen LogP contribution in [0.2, 0.25) is 0 Å². The van der Waals surface area contributed by atoms with Crippen LogP contribution in [0.15, 0.2) is 36.7 Å². The van der Waals surface area contributed by atoms with Crippen LogP contribution in [0.1, 0.15) is 23.1 Å². The molecule has 20 heavy (non-hydrogen) atoms. The second-order valence-electron chi connectivity index (χ2n) is 4.30. The number of ether oxygens (including phenoxy) is 2. The molecule has 0 amide bonds. The van der Waals surface area contributed by atoms with E-state index in [0.717, 1.165) is 18.0 Å². The van der Waals surface area contributed by atoms with Gasteiger partial charge in [0.15, 0.2) is 0 Å². The van der Waals surface area contributed by atoms with Crippen molar-refractivity contribution < 1.29 is 14.3 Å². The third-order valence-corrected chi connectivity index (χ3v) is 2.88. The molecule has 0 radical (unpaired) electrons. The van der Waals surface area contributed by atoms with Crippen LogP contribution < -0.4 is 4.74 Å². The van der Waals surface area contributed by atoms with Crippen molar-refractivity contribution in [3.63, 3.8) is 0 Å². The van der Waals surface area contributed by atoms with Crippen LogP contribution in [0.4, 0.5) is 0 Å². The molecule has 0 fully saturated rings. The van der Waals surface area contributed by atoms with Crippen molar-refractivity contribution in [1.82, 2.24) is 9.55 Å². The van der Waals surface area contributed by atoms with Crippen LogP contribution >= 0.6 is 0 Å². The number of imidazole rings is 1. The molecule has 0 aliphatic heterocycles. The molecule has 0 bridgehead atoms. The third-order valence-electron chi connectivity index (χ3n) is 2.88. The molecule has 0 aliphatic carbocycles. The standard InChI is InChI=1S/C15H18N2O3/c1-3-19-15(18)12-4-6-13(7-5-12)20-11-8-14-16-9-10-17(14)2/h4-7,9-10H,3,8,11H2,1-2H3. The van der Waals surface area contributed by atoms with Crippen molar-refractivity contribution in [3.05, 3.63) is 48.0 Å². The number of hydrogen-bond acceptors (Lipinski definition) is 4. The molecular weight excluding hydrogens is 256 g/mol. The first-order chi connectivity index (χ1) is 9.70. The average Bonchev–Trinajstić information content (AvgIpc) is 2.85. The normalized spacial score (nSPS) is 10.3. The molecule has 0 saturated heterocycles. The molecule has 5 heteroatoms. The second kappa shape index (κ2) is 6.75. The molecule has 0 saturated carbocycles. The van der Waals surface area contributed by atoms with Gasteiger partial charge in [-0.3, -0.25) is 0 Å². The maximum Gasteiger partial charge on any atom is 0.338 e. The Labute approximate surface area is 118 Å². The van der Waals surface area contributed by atoms with Crippen molar-refractivity contribution in [1.29, 1.82) is 0 Å². The summed E-state index contributed by atoms with van der Waals surface area (Å²) < 4.78 is 12.5. The van der Waals surface area contributed by atoms with E-state index in [1.807, 2.05) is 17.8 Å². The Morgan fingerprint density at radius 3 is 2.65 bits per heavy atom. The highest BCUT2D eigenvalue weighted by Crippen LogP contribution is 2.13. The molecule has 5 nitrogen and oxygen atoms in total. The molecule has 0 aliphatic rings. The van der Waals surface area contributed by atoms with Crippen LogP contribution in [-0.2, 0) is 18.2 Å². The Kier molecular flexibility index (Phi) is 4.76. The van der Waals surface area contributed by atoms with E-state index in [9.17, 15) is 4.79 Å². The molecule has 1 aromatic heterocycles. The van der Waals surface area contributed by atoms with E-state index in [1.54, 1.807) is 37.4 Å². The van der Waals surface area contributed by atoms with Gasteiger partial charge in [0, 0.05) is 25.9 Å². The SMILES string of the molecule is CCOC(=O)c1ccc(OCCc2nccn2C)cc1. The fourth-order valence-corrected chi connectivity index (χ4v) is 1.80. The fourth-order valence-electron chi connectivity index (χ4n) is 1.80. The summed E-state index contributed by atoms with van der Waals surface area (Å²) in [5.74, 6) is 1.40. The lowest BCUT2D eigenvalue weighted by Crippen LogP contribution is -2.07. The number of hydrogen-bond donors (Lipinski definition) is 0. The van der Waals surface area contributed by atoms with E-state index in [1.165, 1.54) is 0 Å². The molecule has 2 rings (SSSR count). The van der Waals surface area contributed by atoms with Crippen LogP contribution in [-0.4, -0.2) is 28.7 Å². The first kappa shape index (κ1) is 14.1. The predicted octanol–water partition coefficient (Wildman–Crippen LogP) is 2.22. The Balaban J connectivity index is 1.85. The molecule has 1 heterocycles. The van der Waals surface area contributed by atoms with Gasteiger partial charge in [0.05, 0.1) is 18.8 Å². The topological polar surface area (TPSA) is 53.4 Å². The van der Waals surface area contributed by atoms with Crippen LogP contribution in [0.3, 0.4) is 0 Å². The van der Waals surface area contributed by atoms with E-state index in [2.05, 4.69) is 4.98 Å². The van der Waals surface area contributed by atoms with Gasteiger partial charge >= 0.3 is 5.97 Å². The number of esters is 1. The summed E-state index contributed by atoms with van der Waals surface area (Å²) in [7, 11) is 1.95. The summed E-state index contributed by atoms with van der Waals surface area (Å²) >= 11 is 0. The molecule has 2 aromatic rings. The first-order valence-corrected chi connectivity index (χ1v) is 6.57. The monoisotopic (exact) mass is 274 g/mol. The van der Waals surface area contributed by atoms with E-state index >= 15 is 0 Å². The quantitative estimate of drug-likeness (QED) is 0.758. The van der Waals surface area contributed by atoms with Crippen molar-refractivity contribution in [3.8, 4) is 5.75 Å². The van der Waals surface area contributed by atoms with Gasteiger partial charge in [-0.25, -0.2) is 9.78 Å². The van der Waals surface area contributed by atoms with Gasteiger partial charge in [-0.05, 0) is 31.2 Å². The number of carbonyl (C=O) groups is 1. The molecule has 0 N–H and O–H groups in total. The smallest absolute Gasteiger partial charge is 0.338 e. The molecule has 106 valence electrons. The van der Waals surface area contributed by atoms with E-state index in [0.29, 0.717) is 18.8 Å². The predicted molar refractivity (Wildman–Crippen MR) is 74.8 cm³/mol. The Bertz CT molecular complexity index is 561. The Hall–Kier alpha value is -2.30. The number of aryl methyl sites for hydroxylation is 1. The summed E-state index contributed by atoms with van der Waals surface area (Å²) in [6.07, 6.45) is 4.41. The van der Waals surface area contributed by atoms with Crippen molar-refractivity contribution in [2.45, 2.75) is 13.3 Å². The van der Waals surface area contributed by atoms with Gasteiger partial charge < -0.3 is 14.0 Å². The number of nitrogens with zero attached hydrogens (tertiary/aromatic N) is 2. The lowest BCUT2D eigenvalue weighted by Gasteiger charge is -2.07. The second-order valence-corrected chi connectivity index (χ2v) is 4.30. The molecule has 0 atom stereocenters. The van der Waals surface area contributed by atoms with Crippen LogP contribution in [0.25, 0.3) is 0 Å². The highest BCUT2D eigenvalue weighted by atomic mass is 16.5. The van der Waals surface area contributed by atoms with Crippen molar-refractivity contribution >= 4 is 5.97 Å². The van der Waals surface area contributed by atoms with Crippen molar-refractivity contribution in [2.24, 2.45) is 7.05 Å². The largest absolute Gasteiger partial charge is 0.493 e. The number of aromatic nitrogens is 2.